The first-order valence-corrected chi connectivity index (χ1v) is 8.73. The zero-order chi connectivity index (χ0) is 17.3. The Morgan fingerprint density at radius 1 is 1.29 bits per heavy atom. The van der Waals surface area contributed by atoms with Crippen LogP contribution >= 0.6 is 11.3 Å². The molecule has 0 saturated heterocycles. The number of rotatable bonds is 5. The molecule has 0 saturated carbocycles. The number of benzene rings is 1. The standard InChI is InChI=1S/C17H20N4O2S/c1-4-12-11(2)24-16(18-12)19-15(22)9-10-21-14-8-6-5-7-13(14)20(3)17(21)23/h5-8H,4,9-10H2,1-3H3,(H,18,19,22). The van der Waals surface area contributed by atoms with Gasteiger partial charge in [-0.3, -0.25) is 13.9 Å². The van der Waals surface area contributed by atoms with Crippen LogP contribution in [0.15, 0.2) is 29.1 Å². The molecule has 0 aliphatic rings. The lowest BCUT2D eigenvalue weighted by Gasteiger charge is -2.03. The van der Waals surface area contributed by atoms with Gasteiger partial charge in [0.05, 0.1) is 16.7 Å². The monoisotopic (exact) mass is 344 g/mol. The van der Waals surface area contributed by atoms with E-state index >= 15 is 0 Å². The fraction of sp³-hybridized carbons (Fsp3) is 0.353. The number of hydrogen-bond acceptors (Lipinski definition) is 4. The summed E-state index contributed by atoms with van der Waals surface area (Å²) in [5.41, 5.74) is 2.62. The predicted molar refractivity (Wildman–Crippen MR) is 96.7 cm³/mol. The van der Waals surface area contributed by atoms with Crippen LogP contribution in [-0.2, 0) is 24.8 Å². The van der Waals surface area contributed by atoms with Crippen LogP contribution in [-0.4, -0.2) is 20.0 Å². The van der Waals surface area contributed by atoms with E-state index in [0.29, 0.717) is 11.7 Å². The van der Waals surface area contributed by atoms with Gasteiger partial charge in [0.2, 0.25) is 5.91 Å². The third-order valence-electron chi connectivity index (χ3n) is 4.09. The predicted octanol–water partition coefficient (Wildman–Crippen LogP) is 2.70. The Labute approximate surface area is 143 Å². The van der Waals surface area contributed by atoms with Crippen molar-refractivity contribution in [3.05, 3.63) is 45.3 Å². The van der Waals surface area contributed by atoms with Gasteiger partial charge in [0.1, 0.15) is 0 Å². The second-order valence-corrected chi connectivity index (χ2v) is 6.86. The third kappa shape index (κ3) is 2.99. The lowest BCUT2D eigenvalue weighted by atomic mass is 10.3. The molecule has 24 heavy (non-hydrogen) atoms. The zero-order valence-corrected chi connectivity index (χ0v) is 14.8. The van der Waals surface area contributed by atoms with Crippen molar-refractivity contribution in [2.75, 3.05) is 5.32 Å². The first kappa shape index (κ1) is 16.4. The maximum absolute atomic E-state index is 12.3. The highest BCUT2D eigenvalue weighted by Crippen LogP contribution is 2.22. The summed E-state index contributed by atoms with van der Waals surface area (Å²) in [4.78, 5) is 30.0. The van der Waals surface area contributed by atoms with Crippen LogP contribution in [0.25, 0.3) is 11.0 Å². The highest BCUT2D eigenvalue weighted by atomic mass is 32.1. The Bertz CT molecular complexity index is 951. The molecule has 0 spiro atoms. The molecule has 2 heterocycles. The van der Waals surface area contributed by atoms with Crippen LogP contribution in [0.5, 0.6) is 0 Å². The molecule has 0 atom stereocenters. The Morgan fingerprint density at radius 3 is 2.67 bits per heavy atom. The van der Waals surface area contributed by atoms with Crippen molar-refractivity contribution in [1.82, 2.24) is 14.1 Å². The Hall–Kier alpha value is -2.41. The van der Waals surface area contributed by atoms with E-state index in [4.69, 9.17) is 0 Å². The van der Waals surface area contributed by atoms with E-state index in [2.05, 4.69) is 10.3 Å². The molecule has 0 bridgehead atoms. The van der Waals surface area contributed by atoms with Gasteiger partial charge < -0.3 is 5.32 Å². The van der Waals surface area contributed by atoms with Gasteiger partial charge in [0.15, 0.2) is 5.13 Å². The molecule has 3 rings (SSSR count). The Morgan fingerprint density at radius 2 is 2.00 bits per heavy atom. The maximum atomic E-state index is 12.3. The number of anilines is 1. The molecule has 0 unspecified atom stereocenters. The maximum Gasteiger partial charge on any atom is 0.328 e. The van der Waals surface area contributed by atoms with Crippen LogP contribution in [0.4, 0.5) is 5.13 Å². The number of nitrogens with zero attached hydrogens (tertiary/aromatic N) is 3. The van der Waals surface area contributed by atoms with Crippen molar-refractivity contribution in [3.8, 4) is 0 Å². The molecule has 6 nitrogen and oxygen atoms in total. The van der Waals surface area contributed by atoms with Gasteiger partial charge in [-0.15, -0.1) is 11.3 Å². The van der Waals surface area contributed by atoms with Crippen LogP contribution < -0.4 is 11.0 Å². The third-order valence-corrected chi connectivity index (χ3v) is 5.02. The summed E-state index contributed by atoms with van der Waals surface area (Å²) in [6, 6.07) is 7.59. The minimum atomic E-state index is -0.133. The molecule has 0 aliphatic carbocycles. The fourth-order valence-electron chi connectivity index (χ4n) is 2.78. The van der Waals surface area contributed by atoms with Gasteiger partial charge in [-0.25, -0.2) is 9.78 Å². The quantitative estimate of drug-likeness (QED) is 0.774. The average molecular weight is 344 g/mol. The summed E-state index contributed by atoms with van der Waals surface area (Å²) < 4.78 is 3.24. The number of fused-ring (bicyclic) bond motifs is 1. The van der Waals surface area contributed by atoms with Crippen molar-refractivity contribution in [1.29, 1.82) is 0 Å². The number of amides is 1. The molecule has 0 fully saturated rings. The normalized spacial score (nSPS) is 11.1. The van der Waals surface area contributed by atoms with Gasteiger partial charge in [-0.05, 0) is 25.5 Å². The number of carbonyl (C=O) groups excluding carboxylic acids is 1. The first-order valence-electron chi connectivity index (χ1n) is 7.91. The van der Waals surface area contributed by atoms with Crippen molar-refractivity contribution in [2.24, 2.45) is 7.05 Å². The topological polar surface area (TPSA) is 68.9 Å². The number of carbonyl (C=O) groups is 1. The van der Waals surface area contributed by atoms with E-state index in [0.717, 1.165) is 28.0 Å². The van der Waals surface area contributed by atoms with Crippen molar-refractivity contribution < 1.29 is 4.79 Å². The number of aromatic nitrogens is 3. The highest BCUT2D eigenvalue weighted by Gasteiger charge is 2.13. The SMILES string of the molecule is CCc1nc(NC(=O)CCn2c(=O)n(C)c3ccccc32)sc1C. The van der Waals surface area contributed by atoms with E-state index in [1.54, 1.807) is 16.2 Å². The lowest BCUT2D eigenvalue weighted by Crippen LogP contribution is -2.24. The molecule has 0 radical (unpaired) electrons. The second kappa shape index (κ2) is 6.60. The molecule has 1 amide bonds. The van der Waals surface area contributed by atoms with Crippen LogP contribution in [0, 0.1) is 6.92 Å². The zero-order valence-electron chi connectivity index (χ0n) is 14.0. The van der Waals surface area contributed by atoms with Crippen molar-refractivity contribution in [3.63, 3.8) is 0 Å². The van der Waals surface area contributed by atoms with Gasteiger partial charge in [-0.1, -0.05) is 19.1 Å². The van der Waals surface area contributed by atoms with Crippen LogP contribution in [0.1, 0.15) is 23.9 Å². The summed E-state index contributed by atoms with van der Waals surface area (Å²) in [6.07, 6.45) is 1.08. The second-order valence-electron chi connectivity index (χ2n) is 5.66. The number of imidazole rings is 1. The molecule has 1 N–H and O–H groups in total. The Balaban J connectivity index is 1.73. The van der Waals surface area contributed by atoms with Crippen molar-refractivity contribution in [2.45, 2.75) is 33.2 Å². The summed E-state index contributed by atoms with van der Waals surface area (Å²) in [7, 11) is 1.74. The van der Waals surface area contributed by atoms with E-state index in [9.17, 15) is 9.59 Å². The van der Waals surface area contributed by atoms with Gasteiger partial charge in [-0.2, -0.15) is 0 Å². The minimum absolute atomic E-state index is 0.109. The average Bonchev–Trinajstić information content (AvgIpc) is 3.04. The van der Waals surface area contributed by atoms with E-state index in [-0.39, 0.29) is 18.0 Å². The number of para-hydroxylation sites is 2. The van der Waals surface area contributed by atoms with E-state index in [1.165, 1.54) is 11.3 Å². The number of hydrogen-bond donors (Lipinski definition) is 1. The minimum Gasteiger partial charge on any atom is -0.302 e. The molecule has 0 aliphatic heterocycles. The van der Waals surface area contributed by atoms with Gasteiger partial charge in [0.25, 0.3) is 0 Å². The fourth-order valence-corrected chi connectivity index (χ4v) is 3.70. The summed E-state index contributed by atoms with van der Waals surface area (Å²) in [5, 5.41) is 3.45. The largest absolute Gasteiger partial charge is 0.328 e. The first-order chi connectivity index (χ1) is 11.5. The smallest absolute Gasteiger partial charge is 0.302 e. The molecule has 7 heteroatoms. The summed E-state index contributed by atoms with van der Waals surface area (Å²) >= 11 is 1.48. The molecular weight excluding hydrogens is 324 g/mol. The molecule has 1 aromatic carbocycles. The number of thiazole rings is 1. The van der Waals surface area contributed by atoms with Gasteiger partial charge in [0, 0.05) is 24.9 Å². The summed E-state index contributed by atoms with van der Waals surface area (Å²) in [6.45, 7) is 4.39. The van der Waals surface area contributed by atoms with Gasteiger partial charge >= 0.3 is 5.69 Å². The number of aryl methyl sites for hydroxylation is 4. The van der Waals surface area contributed by atoms with E-state index < -0.39 is 0 Å². The van der Waals surface area contributed by atoms with Crippen molar-refractivity contribution >= 4 is 33.4 Å². The van der Waals surface area contributed by atoms with Crippen LogP contribution in [0.3, 0.4) is 0 Å². The highest BCUT2D eigenvalue weighted by molar-refractivity contribution is 7.15. The molecule has 3 aromatic rings. The summed E-state index contributed by atoms with van der Waals surface area (Å²) in [5.74, 6) is -0.133. The molecule has 126 valence electrons. The number of nitrogens with one attached hydrogen (secondary N) is 1. The molecule has 2 aromatic heterocycles. The molecular formula is C17H20N4O2S. The lowest BCUT2D eigenvalue weighted by molar-refractivity contribution is -0.116. The van der Waals surface area contributed by atoms with E-state index in [1.807, 2.05) is 38.1 Å². The Kier molecular flexibility index (Phi) is 4.53. The van der Waals surface area contributed by atoms with Crippen LogP contribution in [0.2, 0.25) is 0 Å².